The Hall–Kier alpha value is -4.01. The van der Waals surface area contributed by atoms with Gasteiger partial charge < -0.3 is 9.80 Å². The molecule has 9 aliphatic carbocycles. The molecular weight excluding hydrogens is 816 g/mol. The number of halogens is 1. The number of fused-ring (bicyclic) bond motifs is 4. The van der Waals surface area contributed by atoms with Gasteiger partial charge in [-0.25, -0.2) is 0 Å². The van der Waals surface area contributed by atoms with Gasteiger partial charge in [0.25, 0.3) is 0 Å². The lowest BCUT2D eigenvalue weighted by atomic mass is 9.61. The summed E-state index contributed by atoms with van der Waals surface area (Å²) in [6.45, 7) is 0. The second-order valence-corrected chi connectivity index (χ2v) is 20.2. The molecule has 2 nitrogen and oxygen atoms in total. The van der Waals surface area contributed by atoms with Crippen LogP contribution in [0.5, 0.6) is 0 Å². The zero-order valence-electron chi connectivity index (χ0n) is 34.0. The van der Waals surface area contributed by atoms with Gasteiger partial charge in [-0.1, -0.05) is 115 Å². The zero-order chi connectivity index (χ0) is 38.7. The molecule has 0 N–H and O–H groups in total. The van der Waals surface area contributed by atoms with Crippen LogP contribution in [0.25, 0.3) is 0 Å². The van der Waals surface area contributed by atoms with Gasteiger partial charge in [-0.05, 0) is 182 Å². The van der Waals surface area contributed by atoms with E-state index in [2.05, 4.69) is 165 Å². The SMILES string of the molecule is IC1(N(C2=CC=CCC2)C2C=C3C(CC2)C2=C(CCC=C2)C3(C2=CCCCC2)c2ccccc2)C=CC(C2CCC3=C(C2)C2C=CC=CC2N3C2=C=C=CCC2)=CC1. The third-order valence-electron chi connectivity index (χ3n) is 15.4. The van der Waals surface area contributed by atoms with E-state index in [1.165, 1.54) is 74.7 Å². The lowest BCUT2D eigenvalue weighted by Crippen LogP contribution is -2.49. The molecule has 0 radical (unpaired) electrons. The van der Waals surface area contributed by atoms with Gasteiger partial charge in [-0.15, -0.1) is 0 Å². The summed E-state index contributed by atoms with van der Waals surface area (Å²) in [7, 11) is 0. The van der Waals surface area contributed by atoms with Crippen LogP contribution in [0.4, 0.5) is 0 Å². The van der Waals surface area contributed by atoms with Crippen LogP contribution in [0, 0.1) is 17.8 Å². The van der Waals surface area contributed by atoms with Gasteiger partial charge in [0, 0.05) is 35.7 Å². The topological polar surface area (TPSA) is 6.48 Å². The third-order valence-corrected chi connectivity index (χ3v) is 16.7. The van der Waals surface area contributed by atoms with Gasteiger partial charge in [-0.3, -0.25) is 0 Å². The lowest BCUT2D eigenvalue weighted by molar-refractivity contribution is 0.202. The van der Waals surface area contributed by atoms with E-state index in [-0.39, 0.29) is 8.96 Å². The molecule has 1 heterocycles. The monoisotopic (exact) mass is 872 g/mol. The predicted octanol–water partition coefficient (Wildman–Crippen LogP) is 13.8. The van der Waals surface area contributed by atoms with E-state index in [4.69, 9.17) is 0 Å². The molecular formula is C55H57IN2. The number of hydrogen-bond donors (Lipinski definition) is 0. The van der Waals surface area contributed by atoms with Crippen LogP contribution in [0.15, 0.2) is 183 Å². The second-order valence-electron chi connectivity index (χ2n) is 18.4. The molecule has 0 saturated carbocycles. The molecule has 10 aliphatic rings. The molecule has 58 heavy (non-hydrogen) atoms. The molecule has 1 aromatic carbocycles. The van der Waals surface area contributed by atoms with E-state index in [0.717, 1.165) is 44.9 Å². The van der Waals surface area contributed by atoms with Crippen molar-refractivity contribution < 1.29 is 0 Å². The van der Waals surface area contributed by atoms with E-state index < -0.39 is 0 Å². The van der Waals surface area contributed by atoms with Crippen molar-refractivity contribution in [3.05, 3.63) is 189 Å². The summed E-state index contributed by atoms with van der Waals surface area (Å²) in [5.41, 5.74) is 22.7. The van der Waals surface area contributed by atoms with Gasteiger partial charge in [0.1, 0.15) is 3.55 Å². The molecule has 0 saturated heterocycles. The summed E-state index contributed by atoms with van der Waals surface area (Å²) in [5, 5.41) is 0. The van der Waals surface area contributed by atoms with Gasteiger partial charge in [0.15, 0.2) is 0 Å². The summed E-state index contributed by atoms with van der Waals surface area (Å²) >= 11 is 2.87. The molecule has 11 rings (SSSR count). The summed E-state index contributed by atoms with van der Waals surface area (Å²) in [6.07, 6.45) is 55.9. The maximum atomic E-state index is 3.53. The van der Waals surface area contributed by atoms with Crippen LogP contribution in [0.1, 0.15) is 108 Å². The minimum Gasteiger partial charge on any atom is -0.350 e. The average Bonchev–Trinajstić information content (AvgIpc) is 3.78. The molecule has 1 aromatic rings. The summed E-state index contributed by atoms with van der Waals surface area (Å²) < 4.78 is -0.115. The highest BCUT2D eigenvalue weighted by atomic mass is 127. The van der Waals surface area contributed by atoms with Crippen LogP contribution in [-0.2, 0) is 5.41 Å². The van der Waals surface area contributed by atoms with E-state index in [1.807, 2.05) is 0 Å². The van der Waals surface area contributed by atoms with Crippen LogP contribution < -0.4 is 0 Å². The van der Waals surface area contributed by atoms with Crippen molar-refractivity contribution in [2.45, 2.75) is 124 Å². The van der Waals surface area contributed by atoms with E-state index in [0.29, 0.717) is 29.8 Å². The van der Waals surface area contributed by atoms with Gasteiger partial charge in [0.2, 0.25) is 0 Å². The molecule has 0 aromatic heterocycles. The minimum absolute atomic E-state index is 0.0985. The van der Waals surface area contributed by atoms with Crippen molar-refractivity contribution in [1.82, 2.24) is 9.80 Å². The molecule has 7 unspecified atom stereocenters. The van der Waals surface area contributed by atoms with Crippen molar-refractivity contribution in [2.75, 3.05) is 0 Å². The van der Waals surface area contributed by atoms with E-state index in [1.54, 1.807) is 39.1 Å². The van der Waals surface area contributed by atoms with Crippen molar-refractivity contribution >= 4 is 22.6 Å². The zero-order valence-corrected chi connectivity index (χ0v) is 36.2. The number of allylic oxidation sites excluding steroid dienone is 18. The molecule has 0 bridgehead atoms. The predicted molar refractivity (Wildman–Crippen MR) is 248 cm³/mol. The van der Waals surface area contributed by atoms with Crippen molar-refractivity contribution in [3.8, 4) is 0 Å². The summed E-state index contributed by atoms with van der Waals surface area (Å²) in [4.78, 5) is 5.57. The first kappa shape index (κ1) is 37.0. The fraction of sp³-hybridized carbons (Fsp3) is 0.418. The maximum Gasteiger partial charge on any atom is 0.114 e. The van der Waals surface area contributed by atoms with Crippen molar-refractivity contribution in [3.63, 3.8) is 0 Å². The molecule has 0 amide bonds. The third kappa shape index (κ3) is 6.01. The molecule has 7 atom stereocenters. The van der Waals surface area contributed by atoms with Crippen LogP contribution in [0.2, 0.25) is 0 Å². The first-order valence-electron chi connectivity index (χ1n) is 22.8. The first-order chi connectivity index (χ1) is 28.6. The molecule has 0 fully saturated rings. The smallest absolute Gasteiger partial charge is 0.114 e. The van der Waals surface area contributed by atoms with Crippen molar-refractivity contribution in [1.29, 1.82) is 0 Å². The minimum atomic E-state index is -0.115. The Morgan fingerprint density at radius 2 is 1.74 bits per heavy atom. The first-order valence-corrected chi connectivity index (χ1v) is 23.9. The van der Waals surface area contributed by atoms with Crippen molar-refractivity contribution in [2.24, 2.45) is 17.8 Å². The quantitative estimate of drug-likeness (QED) is 0.0885. The lowest BCUT2D eigenvalue weighted by Gasteiger charge is -2.49. The Morgan fingerprint density at radius 1 is 0.828 bits per heavy atom. The Kier molecular flexibility index (Phi) is 9.72. The normalized spacial score (nSPS) is 34.5. The largest absolute Gasteiger partial charge is 0.350 e. The standard InChI is InChI=1S/C55H57IN2/c56-54(35-33-39(34-36-54)40-29-32-53-49(37-40)48-26-14-16-28-52(48)57(53)43-21-9-3-10-22-43)58(44-23-11-4-12-24-44)45-30-31-47-46-25-13-15-27-50(46)55(51(47)38-45,41-17-5-1-6-18-41)42-19-7-2-8-20-42/h1,3-6,11,13-14,16-19,23,25-26,28,33-35,38,40,45,47-48,52H,2,7-9,12,15,20-21,24,27,29-32,36-37H2. The number of alkyl halides is 1. The van der Waals surface area contributed by atoms with Gasteiger partial charge in [-0.2, -0.15) is 0 Å². The van der Waals surface area contributed by atoms with Crippen LogP contribution in [-0.4, -0.2) is 25.4 Å². The van der Waals surface area contributed by atoms with E-state index >= 15 is 0 Å². The number of benzene rings is 1. The fourth-order valence-electron chi connectivity index (χ4n) is 13.0. The number of rotatable bonds is 7. The summed E-state index contributed by atoms with van der Waals surface area (Å²) in [6, 6.07) is 12.5. The highest BCUT2D eigenvalue weighted by Gasteiger charge is 2.54. The molecule has 0 spiro atoms. The number of hydrogen-bond acceptors (Lipinski definition) is 2. The van der Waals surface area contributed by atoms with Gasteiger partial charge >= 0.3 is 0 Å². The van der Waals surface area contributed by atoms with E-state index in [9.17, 15) is 0 Å². The van der Waals surface area contributed by atoms with Crippen LogP contribution in [0.3, 0.4) is 0 Å². The Morgan fingerprint density at radius 3 is 2.55 bits per heavy atom. The summed E-state index contributed by atoms with van der Waals surface area (Å²) in [5.74, 6) is 1.57. The number of nitrogens with zero attached hydrogens (tertiary/aromatic N) is 2. The highest BCUT2D eigenvalue weighted by molar-refractivity contribution is 14.1. The fourth-order valence-corrected chi connectivity index (χ4v) is 14.1. The Labute approximate surface area is 360 Å². The second kappa shape index (κ2) is 15.2. The van der Waals surface area contributed by atoms with Crippen LogP contribution >= 0.6 is 22.6 Å². The highest BCUT2D eigenvalue weighted by Crippen LogP contribution is 2.63. The Balaban J connectivity index is 0.936. The molecule has 1 aliphatic heterocycles. The average molecular weight is 873 g/mol. The maximum absolute atomic E-state index is 3.53. The molecule has 294 valence electrons. The van der Waals surface area contributed by atoms with Gasteiger partial charge in [0.05, 0.1) is 17.2 Å². The Bertz CT molecular complexity index is 2340. The molecule has 3 heteroatoms.